The molecule has 2 aromatic carbocycles. The minimum Gasteiger partial charge on any atom is -0.491 e. The van der Waals surface area contributed by atoms with Crippen LogP contribution in [0.2, 0.25) is 0 Å². The first kappa shape index (κ1) is 30.6. The number of carboxylic acid groups (broad SMARTS) is 1. The Labute approximate surface area is 223 Å². The number of aliphatic carboxylic acids is 1. The highest BCUT2D eigenvalue weighted by molar-refractivity contribution is 5.66. The molecule has 0 bridgehead atoms. The van der Waals surface area contributed by atoms with Crippen LogP contribution in [0, 0.1) is 13.8 Å². The maximum Gasteiger partial charge on any atom is 0.303 e. The number of aryl methyl sites for hydroxylation is 2. The van der Waals surface area contributed by atoms with Gasteiger partial charge in [-0.05, 0) is 86.3 Å². The van der Waals surface area contributed by atoms with E-state index in [0.717, 1.165) is 29.7 Å². The Morgan fingerprint density at radius 3 is 2.05 bits per heavy atom. The second kappa shape index (κ2) is 13.8. The van der Waals surface area contributed by atoms with Crippen LogP contribution < -0.4 is 4.74 Å². The first-order valence-electron chi connectivity index (χ1n) is 13.7. The molecular weight excluding hydrogens is 464 g/mol. The molecule has 5 heteroatoms. The van der Waals surface area contributed by atoms with Crippen molar-refractivity contribution in [2.45, 2.75) is 104 Å². The fourth-order valence-corrected chi connectivity index (χ4v) is 4.99. The number of aliphatic hydroxyl groups excluding tert-OH is 1. The average Bonchev–Trinajstić information content (AvgIpc) is 2.88. The van der Waals surface area contributed by atoms with E-state index in [9.17, 15) is 15.0 Å². The SMILES string of the molecule is CCC(O)(C=Cc1ccc(C(CC)(CC)c2ccc(OCC(O)CCCC(=O)O)c(C)c2)cc1C)CC. The second-order valence-electron chi connectivity index (χ2n) is 10.2. The van der Waals surface area contributed by atoms with Crippen molar-refractivity contribution in [1.82, 2.24) is 0 Å². The van der Waals surface area contributed by atoms with Crippen LogP contribution in [0.5, 0.6) is 5.75 Å². The van der Waals surface area contributed by atoms with E-state index in [0.29, 0.717) is 25.7 Å². The van der Waals surface area contributed by atoms with E-state index in [2.05, 4.69) is 51.1 Å². The van der Waals surface area contributed by atoms with E-state index in [1.54, 1.807) is 0 Å². The number of benzene rings is 2. The Kier molecular flexibility index (Phi) is 11.4. The summed E-state index contributed by atoms with van der Waals surface area (Å²) in [5, 5.41) is 29.5. The van der Waals surface area contributed by atoms with Gasteiger partial charge in [-0.15, -0.1) is 0 Å². The van der Waals surface area contributed by atoms with Crippen LogP contribution >= 0.6 is 0 Å². The summed E-state index contributed by atoms with van der Waals surface area (Å²) in [7, 11) is 0. The molecule has 37 heavy (non-hydrogen) atoms. The summed E-state index contributed by atoms with van der Waals surface area (Å²) in [6.07, 6.45) is 7.44. The van der Waals surface area contributed by atoms with Crippen LogP contribution in [-0.2, 0) is 10.2 Å². The van der Waals surface area contributed by atoms with E-state index in [4.69, 9.17) is 9.84 Å². The second-order valence-corrected chi connectivity index (χ2v) is 10.2. The largest absolute Gasteiger partial charge is 0.491 e. The Morgan fingerprint density at radius 1 is 0.946 bits per heavy atom. The molecule has 0 amide bonds. The van der Waals surface area contributed by atoms with Crippen molar-refractivity contribution >= 4 is 12.0 Å². The third-order valence-electron chi connectivity index (χ3n) is 7.91. The van der Waals surface area contributed by atoms with Crippen molar-refractivity contribution < 1.29 is 24.9 Å². The van der Waals surface area contributed by atoms with Crippen molar-refractivity contribution in [3.63, 3.8) is 0 Å². The van der Waals surface area contributed by atoms with E-state index in [1.807, 2.05) is 39.0 Å². The standard InChI is InChI=1S/C32H46O5/c1-7-31(36,8-2)19-18-25-14-15-26(20-23(25)5)32(9-3,10-4)27-16-17-29(24(6)21-27)37-22-28(33)12-11-13-30(34)35/h14-21,28,33,36H,7-13,22H2,1-6H3,(H,34,35). The fraction of sp³-hybridized carbons (Fsp3) is 0.531. The molecule has 0 aromatic heterocycles. The van der Waals surface area contributed by atoms with Gasteiger partial charge in [0.2, 0.25) is 0 Å². The van der Waals surface area contributed by atoms with Gasteiger partial charge in [-0.3, -0.25) is 4.79 Å². The molecule has 0 aliphatic heterocycles. The topological polar surface area (TPSA) is 87.0 Å². The molecule has 0 fully saturated rings. The third kappa shape index (κ3) is 7.93. The van der Waals surface area contributed by atoms with Crippen molar-refractivity contribution in [2.24, 2.45) is 0 Å². The molecule has 0 radical (unpaired) electrons. The summed E-state index contributed by atoms with van der Waals surface area (Å²) in [4.78, 5) is 10.7. The van der Waals surface area contributed by atoms with Gasteiger partial charge in [0.25, 0.3) is 0 Å². The average molecular weight is 511 g/mol. The highest BCUT2D eigenvalue weighted by atomic mass is 16.5. The van der Waals surface area contributed by atoms with Gasteiger partial charge in [0.1, 0.15) is 12.4 Å². The first-order chi connectivity index (χ1) is 17.5. The number of carboxylic acids is 1. The number of aliphatic hydroxyl groups is 2. The van der Waals surface area contributed by atoms with E-state index >= 15 is 0 Å². The summed E-state index contributed by atoms with van der Waals surface area (Å²) in [6, 6.07) is 12.9. The summed E-state index contributed by atoms with van der Waals surface area (Å²) in [5.74, 6) is -0.116. The van der Waals surface area contributed by atoms with E-state index in [1.165, 1.54) is 16.7 Å². The van der Waals surface area contributed by atoms with Gasteiger partial charge in [0.15, 0.2) is 0 Å². The molecule has 0 spiro atoms. The van der Waals surface area contributed by atoms with Crippen molar-refractivity contribution in [2.75, 3.05) is 6.61 Å². The number of hydrogen-bond acceptors (Lipinski definition) is 4. The van der Waals surface area contributed by atoms with E-state index < -0.39 is 17.7 Å². The smallest absolute Gasteiger partial charge is 0.303 e. The van der Waals surface area contributed by atoms with Gasteiger partial charge in [0, 0.05) is 11.8 Å². The molecule has 0 saturated carbocycles. The van der Waals surface area contributed by atoms with Crippen LogP contribution in [0.4, 0.5) is 0 Å². The van der Waals surface area contributed by atoms with Crippen LogP contribution in [0.1, 0.15) is 100 Å². The summed E-state index contributed by atoms with van der Waals surface area (Å²) in [5.41, 5.74) is 4.91. The predicted molar refractivity (Wildman–Crippen MR) is 151 cm³/mol. The van der Waals surface area contributed by atoms with Crippen molar-refractivity contribution in [3.05, 3.63) is 70.3 Å². The number of ether oxygens (including phenoxy) is 1. The molecule has 204 valence electrons. The van der Waals surface area contributed by atoms with Crippen molar-refractivity contribution in [3.8, 4) is 5.75 Å². The number of carbonyl (C=O) groups is 1. The molecule has 0 aliphatic carbocycles. The molecule has 1 atom stereocenters. The Hall–Kier alpha value is -2.63. The van der Waals surface area contributed by atoms with Crippen molar-refractivity contribution in [1.29, 1.82) is 0 Å². The zero-order chi connectivity index (χ0) is 27.6. The Bertz CT molecular complexity index is 1050. The zero-order valence-electron chi connectivity index (χ0n) is 23.5. The van der Waals surface area contributed by atoms with Crippen LogP contribution in [0.3, 0.4) is 0 Å². The molecular formula is C32H46O5. The van der Waals surface area contributed by atoms with Gasteiger partial charge < -0.3 is 20.1 Å². The van der Waals surface area contributed by atoms with E-state index in [-0.39, 0.29) is 18.4 Å². The highest BCUT2D eigenvalue weighted by Gasteiger charge is 2.31. The van der Waals surface area contributed by atoms with Gasteiger partial charge in [0.05, 0.1) is 11.7 Å². The Balaban J connectivity index is 2.26. The van der Waals surface area contributed by atoms with Gasteiger partial charge in [-0.1, -0.05) is 70.2 Å². The molecule has 1 unspecified atom stereocenters. The first-order valence-corrected chi connectivity index (χ1v) is 13.7. The highest BCUT2D eigenvalue weighted by Crippen LogP contribution is 2.41. The third-order valence-corrected chi connectivity index (χ3v) is 7.91. The summed E-state index contributed by atoms with van der Waals surface area (Å²) < 4.78 is 5.88. The normalized spacial score (nSPS) is 13.2. The fourth-order valence-electron chi connectivity index (χ4n) is 4.99. The summed E-state index contributed by atoms with van der Waals surface area (Å²) in [6.45, 7) is 12.7. The molecule has 3 N–H and O–H groups in total. The maximum atomic E-state index is 10.7. The minimum atomic E-state index is -0.851. The summed E-state index contributed by atoms with van der Waals surface area (Å²) >= 11 is 0. The maximum absolute atomic E-state index is 10.7. The lowest BCUT2D eigenvalue weighted by molar-refractivity contribution is -0.137. The van der Waals surface area contributed by atoms with Crippen LogP contribution in [0.15, 0.2) is 42.5 Å². The minimum absolute atomic E-state index is 0.0529. The molecule has 0 heterocycles. The monoisotopic (exact) mass is 510 g/mol. The lowest BCUT2D eigenvalue weighted by Gasteiger charge is -2.34. The lowest BCUT2D eigenvalue weighted by atomic mass is 9.70. The molecule has 0 aliphatic rings. The quantitative estimate of drug-likeness (QED) is 0.241. The number of rotatable bonds is 15. The number of hydrogen-bond donors (Lipinski definition) is 3. The predicted octanol–water partition coefficient (Wildman–Crippen LogP) is 6.97. The van der Waals surface area contributed by atoms with Gasteiger partial charge in [-0.2, -0.15) is 0 Å². The van der Waals surface area contributed by atoms with Crippen LogP contribution in [0.25, 0.3) is 6.08 Å². The van der Waals surface area contributed by atoms with Gasteiger partial charge >= 0.3 is 5.97 Å². The molecule has 0 saturated heterocycles. The molecule has 2 aromatic rings. The lowest BCUT2D eigenvalue weighted by Crippen LogP contribution is -2.26. The zero-order valence-corrected chi connectivity index (χ0v) is 23.5. The van der Waals surface area contributed by atoms with Gasteiger partial charge in [-0.25, -0.2) is 0 Å². The molecule has 2 rings (SSSR count). The van der Waals surface area contributed by atoms with Crippen LogP contribution in [-0.4, -0.2) is 39.6 Å². The Morgan fingerprint density at radius 2 is 1.54 bits per heavy atom. The molecule has 5 nitrogen and oxygen atoms in total.